The number of nitrogens with zero attached hydrogens (tertiary/aromatic N) is 4. The number of carbonyl (C=O) groups is 1. The van der Waals surface area contributed by atoms with Crippen molar-refractivity contribution in [3.05, 3.63) is 77.1 Å². The van der Waals surface area contributed by atoms with Crippen molar-refractivity contribution in [3.8, 4) is 11.4 Å². The average molecular weight is 566 g/mol. The Kier molecular flexibility index (Phi) is 7.53. The zero-order valence-corrected chi connectivity index (χ0v) is 23.1. The molecule has 4 aromatic rings. The standard InChI is InChI=1S/C28H28ClN5O4S/c1-17-16-34(11-10-25(17)35)27-5-3-4-22(33-27)23-9-7-19-14-30-20(13-24(19)32-23)15-31-28(36)18-6-8-21(29)26(12-18)39(2,37)38/h3-9,12-14,17,25,35H,10-11,15-16H2,1-2H3,(H,31,36)/t17-,25-/m0/s1. The lowest BCUT2D eigenvalue weighted by atomic mass is 9.97. The molecular weight excluding hydrogens is 538 g/mol. The molecule has 1 aliphatic rings. The average Bonchev–Trinajstić information content (AvgIpc) is 2.92. The molecule has 202 valence electrons. The van der Waals surface area contributed by atoms with E-state index in [1.54, 1.807) is 12.3 Å². The van der Waals surface area contributed by atoms with Crippen molar-refractivity contribution in [1.29, 1.82) is 0 Å². The summed E-state index contributed by atoms with van der Waals surface area (Å²) in [6.45, 7) is 3.67. The highest BCUT2D eigenvalue weighted by molar-refractivity contribution is 7.90. The van der Waals surface area contributed by atoms with E-state index in [0.29, 0.717) is 23.3 Å². The van der Waals surface area contributed by atoms with Crippen molar-refractivity contribution < 1.29 is 18.3 Å². The van der Waals surface area contributed by atoms with Crippen LogP contribution in [0.3, 0.4) is 0 Å². The van der Waals surface area contributed by atoms with E-state index in [0.717, 1.165) is 36.2 Å². The Labute approximate surface area is 231 Å². The molecule has 39 heavy (non-hydrogen) atoms. The Hall–Kier alpha value is -3.60. The lowest BCUT2D eigenvalue weighted by molar-refractivity contribution is 0.0949. The van der Waals surface area contributed by atoms with Gasteiger partial charge in [0, 0.05) is 36.5 Å². The largest absolute Gasteiger partial charge is 0.393 e. The van der Waals surface area contributed by atoms with E-state index in [4.69, 9.17) is 21.6 Å². The van der Waals surface area contributed by atoms with Gasteiger partial charge < -0.3 is 15.3 Å². The number of nitrogens with one attached hydrogen (secondary N) is 1. The van der Waals surface area contributed by atoms with E-state index in [2.05, 4.69) is 15.2 Å². The molecule has 4 heterocycles. The zero-order chi connectivity index (χ0) is 27.7. The van der Waals surface area contributed by atoms with E-state index in [9.17, 15) is 18.3 Å². The Morgan fingerprint density at radius 1 is 1.13 bits per heavy atom. The fourth-order valence-electron chi connectivity index (χ4n) is 4.58. The maximum absolute atomic E-state index is 12.7. The molecule has 9 nitrogen and oxygen atoms in total. The Morgan fingerprint density at radius 2 is 1.92 bits per heavy atom. The molecule has 0 aliphatic carbocycles. The monoisotopic (exact) mass is 565 g/mol. The molecule has 5 rings (SSSR count). The summed E-state index contributed by atoms with van der Waals surface area (Å²) in [6, 6.07) is 15.6. The molecule has 0 unspecified atom stereocenters. The lowest BCUT2D eigenvalue weighted by Gasteiger charge is -2.35. The third kappa shape index (κ3) is 6.03. The summed E-state index contributed by atoms with van der Waals surface area (Å²) < 4.78 is 23.9. The molecule has 1 aromatic carbocycles. The van der Waals surface area contributed by atoms with Crippen LogP contribution >= 0.6 is 11.6 Å². The van der Waals surface area contributed by atoms with Crippen molar-refractivity contribution >= 4 is 44.1 Å². The van der Waals surface area contributed by atoms with Crippen molar-refractivity contribution in [2.75, 3.05) is 24.2 Å². The number of aliphatic hydroxyl groups is 1. The van der Waals surface area contributed by atoms with Gasteiger partial charge in [-0.25, -0.2) is 18.4 Å². The van der Waals surface area contributed by atoms with Crippen molar-refractivity contribution in [3.63, 3.8) is 0 Å². The fraction of sp³-hybridized carbons (Fsp3) is 0.286. The second-order valence-electron chi connectivity index (χ2n) is 9.83. The summed E-state index contributed by atoms with van der Waals surface area (Å²) >= 11 is 5.99. The number of amides is 1. The van der Waals surface area contributed by atoms with Gasteiger partial charge in [0.15, 0.2) is 9.84 Å². The molecule has 11 heteroatoms. The van der Waals surface area contributed by atoms with Gasteiger partial charge in [0.1, 0.15) is 5.82 Å². The summed E-state index contributed by atoms with van der Waals surface area (Å²) in [6.07, 6.45) is 3.17. The predicted octanol–water partition coefficient (Wildman–Crippen LogP) is 3.89. The summed E-state index contributed by atoms with van der Waals surface area (Å²) in [4.78, 5) is 28.8. The first-order valence-corrected chi connectivity index (χ1v) is 14.8. The minimum atomic E-state index is -3.57. The fourth-order valence-corrected chi connectivity index (χ4v) is 5.88. The van der Waals surface area contributed by atoms with Gasteiger partial charge in [-0.1, -0.05) is 24.6 Å². The molecule has 2 atom stereocenters. The Bertz CT molecular complexity index is 1660. The number of aromatic nitrogens is 3. The topological polar surface area (TPSA) is 125 Å². The van der Waals surface area contributed by atoms with Crippen LogP contribution in [-0.4, -0.2) is 59.8 Å². The first-order valence-electron chi connectivity index (χ1n) is 12.5. The summed E-state index contributed by atoms with van der Waals surface area (Å²) in [7, 11) is -3.57. The number of carbonyl (C=O) groups excluding carboxylic acids is 1. The normalized spacial score (nSPS) is 17.8. The molecule has 0 bridgehead atoms. The molecule has 1 aliphatic heterocycles. The second-order valence-corrected chi connectivity index (χ2v) is 12.2. The number of hydrogen-bond acceptors (Lipinski definition) is 8. The van der Waals surface area contributed by atoms with E-state index < -0.39 is 15.7 Å². The van der Waals surface area contributed by atoms with E-state index in [-0.39, 0.29) is 34.0 Å². The van der Waals surface area contributed by atoms with E-state index in [1.165, 1.54) is 18.2 Å². The molecule has 1 fully saturated rings. The maximum atomic E-state index is 12.7. The molecule has 0 radical (unpaired) electrons. The number of rotatable bonds is 6. The van der Waals surface area contributed by atoms with Crippen molar-refractivity contribution in [2.24, 2.45) is 5.92 Å². The summed E-state index contributed by atoms with van der Waals surface area (Å²) in [5.74, 6) is 0.587. The molecule has 1 saturated heterocycles. The highest BCUT2D eigenvalue weighted by Crippen LogP contribution is 2.26. The van der Waals surface area contributed by atoms with Crippen LogP contribution in [0.1, 0.15) is 29.4 Å². The van der Waals surface area contributed by atoms with Crippen LogP contribution in [-0.2, 0) is 16.4 Å². The predicted molar refractivity (Wildman–Crippen MR) is 151 cm³/mol. The molecular formula is C28H28ClN5O4S. The van der Waals surface area contributed by atoms with Gasteiger partial charge in [0.25, 0.3) is 5.91 Å². The Balaban J connectivity index is 1.33. The lowest BCUT2D eigenvalue weighted by Crippen LogP contribution is -2.42. The highest BCUT2D eigenvalue weighted by Gasteiger charge is 2.25. The van der Waals surface area contributed by atoms with Crippen molar-refractivity contribution in [2.45, 2.75) is 30.9 Å². The maximum Gasteiger partial charge on any atom is 0.251 e. The number of pyridine rings is 3. The van der Waals surface area contributed by atoms with Crippen LogP contribution in [0, 0.1) is 5.92 Å². The van der Waals surface area contributed by atoms with Gasteiger partial charge in [-0.2, -0.15) is 0 Å². The number of anilines is 1. The van der Waals surface area contributed by atoms with Gasteiger partial charge in [0.2, 0.25) is 0 Å². The molecule has 2 N–H and O–H groups in total. The molecule has 3 aromatic heterocycles. The molecule has 0 saturated carbocycles. The second kappa shape index (κ2) is 10.9. The van der Waals surface area contributed by atoms with Crippen LogP contribution in [0.2, 0.25) is 5.02 Å². The van der Waals surface area contributed by atoms with Gasteiger partial charge >= 0.3 is 0 Å². The summed E-state index contributed by atoms with van der Waals surface area (Å²) in [5.41, 5.74) is 2.94. The van der Waals surface area contributed by atoms with Gasteiger partial charge in [0.05, 0.1) is 45.2 Å². The zero-order valence-electron chi connectivity index (χ0n) is 21.5. The van der Waals surface area contributed by atoms with Crippen LogP contribution in [0.4, 0.5) is 5.82 Å². The Morgan fingerprint density at radius 3 is 2.69 bits per heavy atom. The third-order valence-corrected chi connectivity index (χ3v) is 8.41. The SMILES string of the molecule is C[C@H]1CN(c2cccc(-c3ccc4cnc(CNC(=O)c5ccc(Cl)c(S(C)(=O)=O)c5)cc4n3)n2)CC[C@@H]1O. The van der Waals surface area contributed by atoms with Crippen LogP contribution < -0.4 is 10.2 Å². The van der Waals surface area contributed by atoms with Crippen LogP contribution in [0.25, 0.3) is 22.3 Å². The third-order valence-electron chi connectivity index (χ3n) is 6.83. The molecule has 0 spiro atoms. The highest BCUT2D eigenvalue weighted by atomic mass is 35.5. The van der Waals surface area contributed by atoms with Crippen molar-refractivity contribution in [1.82, 2.24) is 20.3 Å². The number of piperidine rings is 1. The molecule has 1 amide bonds. The smallest absolute Gasteiger partial charge is 0.251 e. The number of sulfone groups is 1. The minimum absolute atomic E-state index is 0.0661. The number of fused-ring (bicyclic) bond motifs is 1. The minimum Gasteiger partial charge on any atom is -0.393 e. The van der Waals surface area contributed by atoms with E-state index in [1.807, 2.05) is 37.3 Å². The van der Waals surface area contributed by atoms with Crippen LogP contribution in [0.5, 0.6) is 0 Å². The van der Waals surface area contributed by atoms with Gasteiger partial charge in [-0.3, -0.25) is 9.78 Å². The first kappa shape index (κ1) is 27.0. The van der Waals surface area contributed by atoms with E-state index >= 15 is 0 Å². The van der Waals surface area contributed by atoms with Gasteiger partial charge in [-0.05, 0) is 60.9 Å². The summed E-state index contributed by atoms with van der Waals surface area (Å²) in [5, 5.41) is 13.7. The number of benzene rings is 1. The van der Waals surface area contributed by atoms with Gasteiger partial charge in [-0.15, -0.1) is 0 Å². The number of halogens is 1. The quantitative estimate of drug-likeness (QED) is 0.361. The van der Waals surface area contributed by atoms with Crippen LogP contribution in [0.15, 0.2) is 65.7 Å². The number of hydrogen-bond donors (Lipinski definition) is 2. The first-order chi connectivity index (χ1) is 18.6. The number of aliphatic hydroxyl groups excluding tert-OH is 1.